The van der Waals surface area contributed by atoms with Crippen LogP contribution in [0.3, 0.4) is 0 Å². The minimum Gasteiger partial charge on any atom is -0.248 e. The average molecular weight is 261 g/mol. The quantitative estimate of drug-likeness (QED) is 0.762. The Labute approximate surface area is 113 Å². The molecular weight excluding hydrogens is 244 g/mol. The minimum atomic E-state index is 0.476. The van der Waals surface area contributed by atoms with Crippen LogP contribution in [0.2, 0.25) is 5.15 Å². The lowest BCUT2D eigenvalue weighted by molar-refractivity contribution is 1.05. The number of nitrogens with zero attached hydrogens (tertiary/aromatic N) is 2. The van der Waals surface area contributed by atoms with Gasteiger partial charge in [-0.3, -0.25) is 0 Å². The standard InChI is InChI=1S/C15H17ClN2/c1-8-6-10(3)13(7-9(8)2)14-15(16)18-12(5)11(4)17-14/h6-7H,1-5H3. The van der Waals surface area contributed by atoms with Crippen molar-refractivity contribution >= 4 is 11.6 Å². The number of hydrogen-bond acceptors (Lipinski definition) is 2. The molecular formula is C15H17ClN2. The van der Waals surface area contributed by atoms with E-state index in [9.17, 15) is 0 Å². The summed E-state index contributed by atoms with van der Waals surface area (Å²) in [4.78, 5) is 8.93. The van der Waals surface area contributed by atoms with Crippen molar-refractivity contribution in [2.24, 2.45) is 0 Å². The van der Waals surface area contributed by atoms with Crippen LogP contribution in [-0.2, 0) is 0 Å². The fourth-order valence-electron chi connectivity index (χ4n) is 1.96. The van der Waals surface area contributed by atoms with Gasteiger partial charge in [0.05, 0.1) is 11.4 Å². The van der Waals surface area contributed by atoms with Crippen LogP contribution >= 0.6 is 11.6 Å². The van der Waals surface area contributed by atoms with Crippen LogP contribution in [0.15, 0.2) is 12.1 Å². The first-order chi connectivity index (χ1) is 8.40. The van der Waals surface area contributed by atoms with Gasteiger partial charge >= 0.3 is 0 Å². The number of rotatable bonds is 1. The van der Waals surface area contributed by atoms with E-state index in [0.717, 1.165) is 22.6 Å². The maximum Gasteiger partial charge on any atom is 0.155 e. The molecule has 94 valence electrons. The monoisotopic (exact) mass is 260 g/mol. The second-order valence-corrected chi connectivity index (χ2v) is 5.14. The van der Waals surface area contributed by atoms with E-state index in [4.69, 9.17) is 11.6 Å². The van der Waals surface area contributed by atoms with Gasteiger partial charge in [0.1, 0.15) is 5.69 Å². The lowest BCUT2D eigenvalue weighted by atomic mass is 9.99. The lowest BCUT2D eigenvalue weighted by Gasteiger charge is -2.12. The first-order valence-corrected chi connectivity index (χ1v) is 6.37. The van der Waals surface area contributed by atoms with Gasteiger partial charge in [-0.05, 0) is 57.4 Å². The van der Waals surface area contributed by atoms with Crippen molar-refractivity contribution in [1.29, 1.82) is 0 Å². The molecule has 1 aromatic carbocycles. The Bertz CT molecular complexity index is 563. The van der Waals surface area contributed by atoms with Crippen molar-refractivity contribution in [3.63, 3.8) is 0 Å². The topological polar surface area (TPSA) is 25.8 Å². The fraction of sp³-hybridized carbons (Fsp3) is 0.333. The van der Waals surface area contributed by atoms with Gasteiger partial charge in [0.2, 0.25) is 0 Å². The predicted octanol–water partition coefficient (Wildman–Crippen LogP) is 4.34. The molecule has 0 saturated carbocycles. The Hall–Kier alpha value is -1.41. The van der Waals surface area contributed by atoms with Crippen LogP contribution in [0.25, 0.3) is 11.3 Å². The predicted molar refractivity (Wildman–Crippen MR) is 76.2 cm³/mol. The Balaban J connectivity index is 2.69. The van der Waals surface area contributed by atoms with Crippen molar-refractivity contribution in [2.75, 3.05) is 0 Å². The summed E-state index contributed by atoms with van der Waals surface area (Å²) in [5.41, 5.74) is 7.35. The van der Waals surface area contributed by atoms with Crippen molar-refractivity contribution in [2.45, 2.75) is 34.6 Å². The minimum absolute atomic E-state index is 0.476. The third kappa shape index (κ3) is 2.25. The molecule has 0 bridgehead atoms. The fourth-order valence-corrected chi connectivity index (χ4v) is 2.23. The molecule has 0 unspecified atom stereocenters. The average Bonchev–Trinajstić information content (AvgIpc) is 2.29. The number of benzene rings is 1. The van der Waals surface area contributed by atoms with Crippen molar-refractivity contribution in [1.82, 2.24) is 9.97 Å². The summed E-state index contributed by atoms with van der Waals surface area (Å²) in [6.07, 6.45) is 0. The van der Waals surface area contributed by atoms with Crippen molar-refractivity contribution < 1.29 is 0 Å². The largest absolute Gasteiger partial charge is 0.248 e. The second-order valence-electron chi connectivity index (χ2n) is 4.79. The summed E-state index contributed by atoms with van der Waals surface area (Å²) in [5, 5.41) is 0.476. The van der Waals surface area contributed by atoms with E-state index < -0.39 is 0 Å². The molecule has 0 saturated heterocycles. The molecule has 0 aliphatic rings. The highest BCUT2D eigenvalue weighted by Crippen LogP contribution is 2.30. The molecule has 0 amide bonds. The summed E-state index contributed by atoms with van der Waals surface area (Å²) < 4.78 is 0. The molecule has 1 aromatic heterocycles. The molecule has 0 aliphatic carbocycles. The molecule has 0 aliphatic heterocycles. The van der Waals surface area contributed by atoms with Gasteiger partial charge < -0.3 is 0 Å². The van der Waals surface area contributed by atoms with E-state index in [2.05, 4.69) is 42.9 Å². The third-order valence-electron chi connectivity index (χ3n) is 3.36. The van der Waals surface area contributed by atoms with E-state index >= 15 is 0 Å². The van der Waals surface area contributed by atoms with Crippen LogP contribution < -0.4 is 0 Å². The van der Waals surface area contributed by atoms with E-state index in [1.807, 2.05) is 13.8 Å². The summed E-state index contributed by atoms with van der Waals surface area (Å²) >= 11 is 6.23. The molecule has 2 aromatic rings. The van der Waals surface area contributed by atoms with Crippen molar-refractivity contribution in [3.05, 3.63) is 45.4 Å². The SMILES string of the molecule is Cc1cc(C)c(-c2nc(C)c(C)nc2Cl)cc1C. The van der Waals surface area contributed by atoms with Gasteiger partial charge in [-0.15, -0.1) is 0 Å². The summed E-state index contributed by atoms with van der Waals surface area (Å²) in [6, 6.07) is 4.30. The zero-order chi connectivity index (χ0) is 13.4. The van der Waals surface area contributed by atoms with Gasteiger partial charge in [0.25, 0.3) is 0 Å². The zero-order valence-corrected chi connectivity index (χ0v) is 12.2. The number of aryl methyl sites for hydroxylation is 5. The van der Waals surface area contributed by atoms with Gasteiger partial charge in [0, 0.05) is 5.56 Å². The zero-order valence-electron chi connectivity index (χ0n) is 11.4. The Morgan fingerprint density at radius 1 is 0.778 bits per heavy atom. The number of halogens is 1. The smallest absolute Gasteiger partial charge is 0.155 e. The maximum atomic E-state index is 6.23. The first-order valence-electron chi connectivity index (χ1n) is 5.99. The normalized spacial score (nSPS) is 10.8. The highest BCUT2D eigenvalue weighted by Gasteiger charge is 2.12. The van der Waals surface area contributed by atoms with E-state index in [0.29, 0.717) is 5.15 Å². The molecule has 2 nitrogen and oxygen atoms in total. The maximum absolute atomic E-state index is 6.23. The first kappa shape index (κ1) is 13.0. The van der Waals surface area contributed by atoms with Gasteiger partial charge in [-0.1, -0.05) is 17.7 Å². The van der Waals surface area contributed by atoms with Gasteiger partial charge in [0.15, 0.2) is 5.15 Å². The van der Waals surface area contributed by atoms with E-state index in [-0.39, 0.29) is 0 Å². The van der Waals surface area contributed by atoms with Crippen LogP contribution in [0.4, 0.5) is 0 Å². The number of aromatic nitrogens is 2. The molecule has 1 heterocycles. The molecule has 3 heteroatoms. The molecule has 0 atom stereocenters. The second kappa shape index (κ2) is 4.69. The van der Waals surface area contributed by atoms with E-state index in [1.165, 1.54) is 16.7 Å². The van der Waals surface area contributed by atoms with Crippen LogP contribution in [-0.4, -0.2) is 9.97 Å². The highest BCUT2D eigenvalue weighted by molar-refractivity contribution is 6.31. The molecule has 0 radical (unpaired) electrons. The Kier molecular flexibility index (Phi) is 3.40. The van der Waals surface area contributed by atoms with E-state index in [1.54, 1.807) is 0 Å². The van der Waals surface area contributed by atoms with Gasteiger partial charge in [-0.2, -0.15) is 0 Å². The molecule has 2 rings (SSSR count). The van der Waals surface area contributed by atoms with Crippen LogP contribution in [0.1, 0.15) is 28.1 Å². The van der Waals surface area contributed by atoms with Crippen LogP contribution in [0.5, 0.6) is 0 Å². The summed E-state index contributed by atoms with van der Waals surface area (Å²) in [5.74, 6) is 0. The molecule has 0 fully saturated rings. The van der Waals surface area contributed by atoms with Gasteiger partial charge in [-0.25, -0.2) is 9.97 Å². The summed E-state index contributed by atoms with van der Waals surface area (Å²) in [7, 11) is 0. The third-order valence-corrected chi connectivity index (χ3v) is 3.62. The Morgan fingerprint density at radius 3 is 2.00 bits per heavy atom. The van der Waals surface area contributed by atoms with Crippen LogP contribution in [0, 0.1) is 34.6 Å². The summed E-state index contributed by atoms with van der Waals surface area (Å²) in [6.45, 7) is 10.2. The highest BCUT2D eigenvalue weighted by atomic mass is 35.5. The van der Waals surface area contributed by atoms with Crippen molar-refractivity contribution in [3.8, 4) is 11.3 Å². The lowest BCUT2D eigenvalue weighted by Crippen LogP contribution is -1.98. The molecule has 0 N–H and O–H groups in total. The number of hydrogen-bond donors (Lipinski definition) is 0. The molecule has 0 spiro atoms. The molecule has 18 heavy (non-hydrogen) atoms. The Morgan fingerprint density at radius 2 is 1.33 bits per heavy atom.